The van der Waals surface area contributed by atoms with Crippen molar-refractivity contribution in [2.45, 2.75) is 25.9 Å². The largest absolute Gasteiger partial charge is 0.494 e. The Morgan fingerprint density at radius 2 is 2.15 bits per heavy atom. The summed E-state index contributed by atoms with van der Waals surface area (Å²) in [5.74, 6) is 0.607. The fraction of sp³-hybridized carbons (Fsp3) is 0.350. The van der Waals surface area contributed by atoms with Crippen LogP contribution >= 0.6 is 0 Å². The van der Waals surface area contributed by atoms with Crippen LogP contribution in [0.3, 0.4) is 0 Å². The van der Waals surface area contributed by atoms with Crippen molar-refractivity contribution in [1.29, 1.82) is 0 Å². The molecule has 3 rings (SSSR count). The molecule has 27 heavy (non-hydrogen) atoms. The van der Waals surface area contributed by atoms with Crippen molar-refractivity contribution in [3.8, 4) is 5.75 Å². The van der Waals surface area contributed by atoms with E-state index in [1.165, 1.54) is 11.6 Å². The predicted octanol–water partition coefficient (Wildman–Crippen LogP) is 2.66. The van der Waals surface area contributed by atoms with Gasteiger partial charge in [-0.25, -0.2) is 9.78 Å². The highest BCUT2D eigenvalue weighted by Gasteiger charge is 2.22. The van der Waals surface area contributed by atoms with Gasteiger partial charge in [0, 0.05) is 31.8 Å². The molecule has 1 aromatic carbocycles. The van der Waals surface area contributed by atoms with Gasteiger partial charge >= 0.3 is 5.97 Å². The summed E-state index contributed by atoms with van der Waals surface area (Å²) >= 11 is 0. The summed E-state index contributed by atoms with van der Waals surface area (Å²) in [5, 5.41) is 12.0. The van der Waals surface area contributed by atoms with Gasteiger partial charge in [0.15, 0.2) is 0 Å². The summed E-state index contributed by atoms with van der Waals surface area (Å²) in [6.07, 6.45) is 6.71. The van der Waals surface area contributed by atoms with Gasteiger partial charge in [-0.15, -0.1) is 0 Å². The summed E-state index contributed by atoms with van der Waals surface area (Å²) in [5.41, 5.74) is 1.79. The Morgan fingerprint density at radius 3 is 2.81 bits per heavy atom. The molecule has 0 radical (unpaired) electrons. The zero-order chi connectivity index (χ0) is 19.1. The Bertz CT molecular complexity index is 775. The number of benzene rings is 1. The fourth-order valence-electron chi connectivity index (χ4n) is 3.07. The average molecular weight is 368 g/mol. The zero-order valence-electron chi connectivity index (χ0n) is 15.3. The molecular formula is C20H24N4O3. The number of likely N-dealkylation sites (tertiary alicyclic amines) is 1. The lowest BCUT2D eigenvalue weighted by Gasteiger charge is -2.17. The Morgan fingerprint density at radius 1 is 1.33 bits per heavy atom. The van der Waals surface area contributed by atoms with Gasteiger partial charge in [0.2, 0.25) is 0 Å². The first kappa shape index (κ1) is 18.8. The van der Waals surface area contributed by atoms with E-state index in [2.05, 4.69) is 32.3 Å². The molecule has 0 saturated carbocycles. The van der Waals surface area contributed by atoms with Crippen LogP contribution < -0.4 is 10.1 Å². The van der Waals surface area contributed by atoms with Crippen molar-refractivity contribution in [3.05, 3.63) is 54.0 Å². The van der Waals surface area contributed by atoms with E-state index in [1.54, 1.807) is 12.4 Å². The van der Waals surface area contributed by atoms with E-state index in [1.807, 2.05) is 19.1 Å². The number of carbonyl (C=O) groups is 1. The van der Waals surface area contributed by atoms with Crippen molar-refractivity contribution >= 4 is 17.9 Å². The zero-order valence-corrected chi connectivity index (χ0v) is 15.3. The van der Waals surface area contributed by atoms with E-state index < -0.39 is 5.97 Å². The average Bonchev–Trinajstić information content (AvgIpc) is 3.10. The van der Waals surface area contributed by atoms with E-state index in [9.17, 15) is 4.79 Å². The van der Waals surface area contributed by atoms with Gasteiger partial charge in [-0.1, -0.05) is 12.1 Å². The van der Waals surface area contributed by atoms with Crippen LogP contribution in [0.2, 0.25) is 0 Å². The molecule has 1 aliphatic rings. The van der Waals surface area contributed by atoms with Gasteiger partial charge in [-0.2, -0.15) is 0 Å². The molecule has 2 N–H and O–H groups in total. The molecular weight excluding hydrogens is 344 g/mol. The van der Waals surface area contributed by atoms with Crippen molar-refractivity contribution in [3.63, 3.8) is 0 Å². The molecule has 1 saturated heterocycles. The molecule has 1 aliphatic heterocycles. The standard InChI is InChI=1S/C20H24N4O3/c1-2-27-18-6-3-15(4-7-18)13-24-10-9-17(14-24)23-19-12-21-16(11-22-19)5-8-20(25)26/h3-8,11-12,17H,2,9-10,13-14H2,1H3,(H,22,23)(H,25,26)/t17-/m1/s1. The highest BCUT2D eigenvalue weighted by atomic mass is 16.5. The number of carboxylic acid groups (broad SMARTS) is 1. The normalized spacial score (nSPS) is 17.3. The fourth-order valence-corrected chi connectivity index (χ4v) is 3.07. The van der Waals surface area contributed by atoms with Gasteiger partial charge < -0.3 is 15.2 Å². The van der Waals surface area contributed by atoms with Crippen molar-refractivity contribution < 1.29 is 14.6 Å². The number of hydrogen-bond donors (Lipinski definition) is 2. The van der Waals surface area contributed by atoms with Gasteiger partial charge in [0.05, 0.1) is 24.7 Å². The minimum Gasteiger partial charge on any atom is -0.494 e. The summed E-state index contributed by atoms with van der Waals surface area (Å²) in [4.78, 5) is 21.4. The number of carboxylic acids is 1. The van der Waals surface area contributed by atoms with Crippen LogP contribution in [0.5, 0.6) is 5.75 Å². The van der Waals surface area contributed by atoms with Crippen LogP contribution in [0, 0.1) is 0 Å². The van der Waals surface area contributed by atoms with Crippen LogP contribution in [0.15, 0.2) is 42.7 Å². The number of hydrogen-bond acceptors (Lipinski definition) is 6. The second-order valence-electron chi connectivity index (χ2n) is 6.44. The van der Waals surface area contributed by atoms with Crippen LogP contribution in [-0.2, 0) is 11.3 Å². The Hall–Kier alpha value is -2.93. The number of rotatable bonds is 8. The molecule has 2 aromatic rings. The van der Waals surface area contributed by atoms with Crippen LogP contribution in [0.25, 0.3) is 6.08 Å². The summed E-state index contributed by atoms with van der Waals surface area (Å²) < 4.78 is 5.48. The molecule has 0 unspecified atom stereocenters. The molecule has 1 aromatic heterocycles. The number of aromatic nitrogens is 2. The van der Waals surface area contributed by atoms with Crippen molar-refractivity contribution in [2.24, 2.45) is 0 Å². The first-order valence-corrected chi connectivity index (χ1v) is 9.06. The molecule has 142 valence electrons. The third-order valence-electron chi connectivity index (χ3n) is 4.33. The van der Waals surface area contributed by atoms with E-state index in [0.29, 0.717) is 24.2 Å². The van der Waals surface area contributed by atoms with Crippen LogP contribution in [0.1, 0.15) is 24.6 Å². The van der Waals surface area contributed by atoms with Gasteiger partial charge in [0.25, 0.3) is 0 Å². The molecule has 0 spiro atoms. The second kappa shape index (κ2) is 9.14. The van der Waals surface area contributed by atoms with E-state index in [4.69, 9.17) is 9.84 Å². The maximum Gasteiger partial charge on any atom is 0.328 e. The highest BCUT2D eigenvalue weighted by molar-refractivity contribution is 5.84. The topological polar surface area (TPSA) is 87.6 Å². The van der Waals surface area contributed by atoms with E-state index in [0.717, 1.165) is 37.9 Å². The summed E-state index contributed by atoms with van der Waals surface area (Å²) in [6, 6.07) is 8.57. The predicted molar refractivity (Wildman–Crippen MR) is 104 cm³/mol. The lowest BCUT2D eigenvalue weighted by atomic mass is 10.2. The van der Waals surface area contributed by atoms with Gasteiger partial charge in [0.1, 0.15) is 11.6 Å². The molecule has 7 heteroatoms. The SMILES string of the molecule is CCOc1ccc(CN2CC[C@@H](Nc3cnc(C=CC(=O)O)cn3)C2)cc1. The highest BCUT2D eigenvalue weighted by Crippen LogP contribution is 2.18. The van der Waals surface area contributed by atoms with Gasteiger partial charge in [-0.3, -0.25) is 9.88 Å². The van der Waals surface area contributed by atoms with E-state index >= 15 is 0 Å². The molecule has 0 bridgehead atoms. The second-order valence-corrected chi connectivity index (χ2v) is 6.44. The Kier molecular flexibility index (Phi) is 6.38. The Labute approximate surface area is 158 Å². The van der Waals surface area contributed by atoms with Crippen LogP contribution in [0.4, 0.5) is 5.82 Å². The van der Waals surface area contributed by atoms with Gasteiger partial charge in [-0.05, 0) is 37.1 Å². The molecule has 7 nitrogen and oxygen atoms in total. The summed E-state index contributed by atoms with van der Waals surface area (Å²) in [7, 11) is 0. The van der Waals surface area contributed by atoms with Crippen LogP contribution in [-0.4, -0.2) is 51.7 Å². The number of anilines is 1. The molecule has 2 heterocycles. The quantitative estimate of drug-likeness (QED) is 0.693. The maximum absolute atomic E-state index is 10.5. The minimum atomic E-state index is -1.00. The smallest absolute Gasteiger partial charge is 0.328 e. The first-order valence-electron chi connectivity index (χ1n) is 9.06. The number of nitrogens with zero attached hydrogens (tertiary/aromatic N) is 3. The number of nitrogens with one attached hydrogen (secondary N) is 1. The first-order chi connectivity index (χ1) is 13.1. The Balaban J connectivity index is 1.48. The lowest BCUT2D eigenvalue weighted by Crippen LogP contribution is -2.26. The van der Waals surface area contributed by atoms with Crippen molar-refractivity contribution in [2.75, 3.05) is 25.0 Å². The third kappa shape index (κ3) is 5.79. The summed E-state index contributed by atoms with van der Waals surface area (Å²) in [6.45, 7) is 5.54. The molecule has 1 atom stereocenters. The maximum atomic E-state index is 10.5. The third-order valence-corrected chi connectivity index (χ3v) is 4.33. The number of ether oxygens (including phenoxy) is 1. The molecule has 0 aliphatic carbocycles. The lowest BCUT2D eigenvalue weighted by molar-refractivity contribution is -0.131. The number of aliphatic carboxylic acids is 1. The van der Waals surface area contributed by atoms with E-state index in [-0.39, 0.29) is 0 Å². The van der Waals surface area contributed by atoms with Crippen molar-refractivity contribution in [1.82, 2.24) is 14.9 Å². The minimum absolute atomic E-state index is 0.322. The monoisotopic (exact) mass is 368 g/mol. The molecule has 0 amide bonds. The molecule has 1 fully saturated rings.